The summed E-state index contributed by atoms with van der Waals surface area (Å²) in [4.78, 5) is 4.22. The van der Waals surface area contributed by atoms with Gasteiger partial charge in [0.15, 0.2) is 5.65 Å². The monoisotopic (exact) mass is 245 g/mol. The number of aromatic nitrogens is 3. The summed E-state index contributed by atoms with van der Waals surface area (Å²) in [6.45, 7) is 0. The minimum Gasteiger partial charge on any atom is -0.236 e. The van der Waals surface area contributed by atoms with Gasteiger partial charge in [-0.1, -0.05) is 42.5 Å². The number of rotatable bonds is 1. The topological polar surface area (TPSA) is 30.2 Å². The highest BCUT2D eigenvalue weighted by atomic mass is 15.2. The molecule has 2 aromatic heterocycles. The Hall–Kier alpha value is -2.68. The zero-order valence-corrected chi connectivity index (χ0v) is 10.2. The second-order valence-corrected chi connectivity index (χ2v) is 4.48. The van der Waals surface area contributed by atoms with Gasteiger partial charge in [-0.3, -0.25) is 0 Å². The molecule has 2 aromatic carbocycles. The van der Waals surface area contributed by atoms with E-state index in [2.05, 4.69) is 52.5 Å². The van der Waals surface area contributed by atoms with Gasteiger partial charge in [-0.25, -0.2) is 9.50 Å². The molecular weight excluding hydrogens is 234 g/mol. The second-order valence-electron chi connectivity index (χ2n) is 4.48. The number of hydrogen-bond donors (Lipinski definition) is 0. The van der Waals surface area contributed by atoms with Crippen molar-refractivity contribution in [3.05, 3.63) is 67.0 Å². The highest BCUT2D eigenvalue weighted by Gasteiger charge is 2.05. The third-order valence-electron chi connectivity index (χ3n) is 3.32. The fourth-order valence-corrected chi connectivity index (χ4v) is 2.41. The Morgan fingerprint density at radius 3 is 2.74 bits per heavy atom. The molecule has 0 fully saturated rings. The zero-order valence-electron chi connectivity index (χ0n) is 10.2. The molecule has 2 heterocycles. The first-order chi connectivity index (χ1) is 9.42. The van der Waals surface area contributed by atoms with Crippen LogP contribution < -0.4 is 0 Å². The Bertz CT molecular complexity index is 872. The lowest BCUT2D eigenvalue weighted by Crippen LogP contribution is -1.93. The lowest BCUT2D eigenvalue weighted by Gasteiger charge is -2.06. The van der Waals surface area contributed by atoms with E-state index in [-0.39, 0.29) is 0 Å². The standard InChI is InChI=1S/C16H11N3/c1-2-6-13-12(4-1)5-3-7-14(13)15-8-9-16-17-10-11-19(16)18-15/h1-11H. The van der Waals surface area contributed by atoms with Crippen LogP contribution in [0.5, 0.6) is 0 Å². The summed E-state index contributed by atoms with van der Waals surface area (Å²) in [6.07, 6.45) is 3.62. The van der Waals surface area contributed by atoms with Crippen molar-refractivity contribution < 1.29 is 0 Å². The van der Waals surface area contributed by atoms with Crippen molar-refractivity contribution in [2.24, 2.45) is 0 Å². The molecule has 0 bridgehead atoms. The summed E-state index contributed by atoms with van der Waals surface area (Å²) in [5, 5.41) is 7.06. The van der Waals surface area contributed by atoms with E-state index in [1.165, 1.54) is 10.8 Å². The van der Waals surface area contributed by atoms with E-state index < -0.39 is 0 Å². The van der Waals surface area contributed by atoms with E-state index in [9.17, 15) is 0 Å². The van der Waals surface area contributed by atoms with Crippen LogP contribution in [-0.4, -0.2) is 14.6 Å². The Morgan fingerprint density at radius 1 is 0.842 bits per heavy atom. The normalized spacial score (nSPS) is 11.2. The van der Waals surface area contributed by atoms with Crippen LogP contribution >= 0.6 is 0 Å². The third kappa shape index (κ3) is 1.59. The number of fused-ring (bicyclic) bond motifs is 2. The molecule has 0 radical (unpaired) electrons. The Labute approximate surface area is 110 Å². The largest absolute Gasteiger partial charge is 0.236 e. The molecule has 90 valence electrons. The number of nitrogens with zero attached hydrogens (tertiary/aromatic N) is 3. The van der Waals surface area contributed by atoms with Crippen molar-refractivity contribution in [2.45, 2.75) is 0 Å². The maximum absolute atomic E-state index is 4.61. The van der Waals surface area contributed by atoms with Crippen LogP contribution in [0.4, 0.5) is 0 Å². The van der Waals surface area contributed by atoms with Gasteiger partial charge in [-0.05, 0) is 22.9 Å². The van der Waals surface area contributed by atoms with Crippen LogP contribution in [0.25, 0.3) is 27.7 Å². The fraction of sp³-hybridized carbons (Fsp3) is 0. The van der Waals surface area contributed by atoms with Gasteiger partial charge >= 0.3 is 0 Å². The van der Waals surface area contributed by atoms with Gasteiger partial charge in [0.1, 0.15) is 0 Å². The SMILES string of the molecule is c1ccc2c(-c3ccc4nccn4n3)cccc2c1. The average molecular weight is 245 g/mol. The molecule has 19 heavy (non-hydrogen) atoms. The van der Waals surface area contributed by atoms with E-state index in [0.29, 0.717) is 0 Å². The highest BCUT2D eigenvalue weighted by molar-refractivity contribution is 5.95. The first-order valence-corrected chi connectivity index (χ1v) is 6.20. The van der Waals surface area contributed by atoms with E-state index in [4.69, 9.17) is 0 Å². The van der Waals surface area contributed by atoms with Gasteiger partial charge in [-0.2, -0.15) is 5.10 Å². The van der Waals surface area contributed by atoms with Gasteiger partial charge in [-0.15, -0.1) is 0 Å². The predicted molar refractivity (Wildman–Crippen MR) is 75.9 cm³/mol. The van der Waals surface area contributed by atoms with Crippen LogP contribution in [-0.2, 0) is 0 Å². The smallest absolute Gasteiger partial charge is 0.153 e. The summed E-state index contributed by atoms with van der Waals surface area (Å²) < 4.78 is 1.80. The van der Waals surface area contributed by atoms with Crippen LogP contribution in [0.15, 0.2) is 67.0 Å². The first kappa shape index (κ1) is 10.3. The fourth-order valence-electron chi connectivity index (χ4n) is 2.41. The molecule has 0 aliphatic rings. The van der Waals surface area contributed by atoms with Gasteiger partial charge < -0.3 is 0 Å². The second kappa shape index (κ2) is 3.92. The quantitative estimate of drug-likeness (QED) is 0.513. The third-order valence-corrected chi connectivity index (χ3v) is 3.32. The molecular formula is C16H11N3. The van der Waals surface area contributed by atoms with Crippen molar-refractivity contribution in [1.29, 1.82) is 0 Å². The molecule has 4 aromatic rings. The van der Waals surface area contributed by atoms with Crippen molar-refractivity contribution in [1.82, 2.24) is 14.6 Å². The molecule has 0 aliphatic carbocycles. The summed E-state index contributed by atoms with van der Waals surface area (Å²) in [5.41, 5.74) is 2.97. The Morgan fingerprint density at radius 2 is 1.74 bits per heavy atom. The molecule has 0 spiro atoms. The maximum Gasteiger partial charge on any atom is 0.153 e. The van der Waals surface area contributed by atoms with E-state index in [1.54, 1.807) is 10.7 Å². The lowest BCUT2D eigenvalue weighted by atomic mass is 10.0. The van der Waals surface area contributed by atoms with Gasteiger partial charge in [0, 0.05) is 18.0 Å². The molecule has 0 N–H and O–H groups in total. The number of hydrogen-bond acceptors (Lipinski definition) is 2. The van der Waals surface area contributed by atoms with Gasteiger partial charge in [0.2, 0.25) is 0 Å². The van der Waals surface area contributed by atoms with E-state index >= 15 is 0 Å². The summed E-state index contributed by atoms with van der Waals surface area (Å²) >= 11 is 0. The van der Waals surface area contributed by atoms with Gasteiger partial charge in [0.05, 0.1) is 5.69 Å². The molecule has 4 rings (SSSR count). The maximum atomic E-state index is 4.61. The van der Waals surface area contributed by atoms with Crippen molar-refractivity contribution >= 4 is 16.4 Å². The molecule has 3 heteroatoms. The van der Waals surface area contributed by atoms with E-state index in [0.717, 1.165) is 16.9 Å². The van der Waals surface area contributed by atoms with Crippen LogP contribution in [0.1, 0.15) is 0 Å². The zero-order chi connectivity index (χ0) is 12.7. The molecule has 0 aliphatic heterocycles. The van der Waals surface area contributed by atoms with Crippen LogP contribution in [0.2, 0.25) is 0 Å². The highest BCUT2D eigenvalue weighted by Crippen LogP contribution is 2.26. The van der Waals surface area contributed by atoms with Crippen LogP contribution in [0, 0.1) is 0 Å². The summed E-state index contributed by atoms with van der Waals surface area (Å²) in [7, 11) is 0. The van der Waals surface area contributed by atoms with Crippen molar-refractivity contribution in [3.63, 3.8) is 0 Å². The van der Waals surface area contributed by atoms with Crippen molar-refractivity contribution in [3.8, 4) is 11.3 Å². The molecule has 0 atom stereocenters. The average Bonchev–Trinajstić information content (AvgIpc) is 2.94. The Kier molecular flexibility index (Phi) is 2.12. The molecule has 3 nitrogen and oxygen atoms in total. The lowest BCUT2D eigenvalue weighted by molar-refractivity contribution is 0.943. The summed E-state index contributed by atoms with van der Waals surface area (Å²) in [6, 6.07) is 18.7. The number of imidazole rings is 1. The van der Waals surface area contributed by atoms with Crippen LogP contribution in [0.3, 0.4) is 0 Å². The molecule has 0 amide bonds. The van der Waals surface area contributed by atoms with E-state index in [1.807, 2.05) is 18.3 Å². The number of benzene rings is 2. The Balaban J connectivity index is 2.03. The van der Waals surface area contributed by atoms with Crippen molar-refractivity contribution in [2.75, 3.05) is 0 Å². The van der Waals surface area contributed by atoms with Gasteiger partial charge in [0.25, 0.3) is 0 Å². The minimum atomic E-state index is 0.865. The molecule has 0 saturated carbocycles. The first-order valence-electron chi connectivity index (χ1n) is 6.20. The minimum absolute atomic E-state index is 0.865. The predicted octanol–water partition coefficient (Wildman–Crippen LogP) is 3.55. The molecule has 0 unspecified atom stereocenters. The molecule has 0 saturated heterocycles. The summed E-state index contributed by atoms with van der Waals surface area (Å²) in [5.74, 6) is 0.